The van der Waals surface area contributed by atoms with Crippen molar-refractivity contribution in [3.05, 3.63) is 48.6 Å². The molecule has 19 heavy (non-hydrogen) atoms. The number of likely N-dealkylation sites (tertiary alicyclic amines) is 1. The van der Waals surface area contributed by atoms with Gasteiger partial charge in [-0.05, 0) is 18.4 Å². The van der Waals surface area contributed by atoms with Crippen molar-refractivity contribution in [3.63, 3.8) is 0 Å². The average molecular weight is 259 g/mol. The maximum absolute atomic E-state index is 12.2. The van der Waals surface area contributed by atoms with E-state index in [2.05, 4.69) is 6.58 Å². The Morgan fingerprint density at radius 1 is 1.42 bits per heavy atom. The van der Waals surface area contributed by atoms with Crippen LogP contribution >= 0.6 is 0 Å². The van der Waals surface area contributed by atoms with Crippen LogP contribution in [-0.2, 0) is 16.1 Å². The first kappa shape index (κ1) is 13.3. The van der Waals surface area contributed by atoms with Crippen LogP contribution in [0.5, 0.6) is 0 Å². The van der Waals surface area contributed by atoms with Crippen LogP contribution in [0.1, 0.15) is 18.4 Å². The van der Waals surface area contributed by atoms with Gasteiger partial charge < -0.3 is 10.0 Å². The Balaban J connectivity index is 2.18. The number of rotatable bonds is 5. The summed E-state index contributed by atoms with van der Waals surface area (Å²) in [4.78, 5) is 25.0. The van der Waals surface area contributed by atoms with Crippen molar-refractivity contribution in [2.45, 2.75) is 25.4 Å². The summed E-state index contributed by atoms with van der Waals surface area (Å²) in [6.45, 7) is 3.97. The number of amides is 1. The van der Waals surface area contributed by atoms with Gasteiger partial charge in [0.15, 0.2) is 0 Å². The molecule has 1 aromatic rings. The molecule has 1 saturated heterocycles. The Morgan fingerprint density at radius 2 is 2.11 bits per heavy atom. The number of carboxylic acid groups (broad SMARTS) is 1. The van der Waals surface area contributed by atoms with Crippen LogP contribution in [0.4, 0.5) is 0 Å². The van der Waals surface area contributed by atoms with Crippen LogP contribution in [0.2, 0.25) is 0 Å². The minimum atomic E-state index is -0.934. The number of hydrogen-bond acceptors (Lipinski definition) is 2. The van der Waals surface area contributed by atoms with E-state index in [-0.39, 0.29) is 11.8 Å². The Bertz CT molecular complexity index is 483. The second-order valence-corrected chi connectivity index (χ2v) is 4.76. The summed E-state index contributed by atoms with van der Waals surface area (Å²) in [5, 5.41) is 9.25. The molecule has 0 unspecified atom stereocenters. The summed E-state index contributed by atoms with van der Waals surface area (Å²) in [5.41, 5.74) is 0.946. The van der Waals surface area contributed by atoms with Crippen molar-refractivity contribution in [2.75, 3.05) is 0 Å². The molecule has 4 nitrogen and oxygen atoms in total. The zero-order valence-corrected chi connectivity index (χ0v) is 10.7. The van der Waals surface area contributed by atoms with E-state index < -0.39 is 12.0 Å². The highest BCUT2D eigenvalue weighted by Gasteiger charge is 2.42. The van der Waals surface area contributed by atoms with Gasteiger partial charge in [-0.15, -0.1) is 6.58 Å². The third-order valence-electron chi connectivity index (χ3n) is 3.45. The highest BCUT2D eigenvalue weighted by atomic mass is 16.4. The van der Waals surface area contributed by atoms with Gasteiger partial charge in [0.1, 0.15) is 6.04 Å². The predicted molar refractivity (Wildman–Crippen MR) is 71.3 cm³/mol. The van der Waals surface area contributed by atoms with E-state index in [9.17, 15) is 14.7 Å². The largest absolute Gasteiger partial charge is 0.480 e. The molecule has 0 saturated carbocycles. The van der Waals surface area contributed by atoms with Crippen LogP contribution in [0.3, 0.4) is 0 Å². The lowest BCUT2D eigenvalue weighted by Crippen LogP contribution is -2.38. The van der Waals surface area contributed by atoms with E-state index in [0.717, 1.165) is 5.56 Å². The molecular weight excluding hydrogens is 242 g/mol. The Kier molecular flexibility index (Phi) is 4.00. The first-order valence-electron chi connectivity index (χ1n) is 6.31. The summed E-state index contributed by atoms with van der Waals surface area (Å²) < 4.78 is 0. The number of hydrogen-bond donors (Lipinski definition) is 1. The van der Waals surface area contributed by atoms with Gasteiger partial charge >= 0.3 is 5.97 Å². The Hall–Kier alpha value is -2.10. The van der Waals surface area contributed by atoms with Crippen LogP contribution in [0, 0.1) is 5.92 Å². The molecule has 1 N–H and O–H groups in total. The zero-order chi connectivity index (χ0) is 13.8. The lowest BCUT2D eigenvalue weighted by molar-refractivity contribution is -0.146. The molecule has 0 aliphatic carbocycles. The number of benzene rings is 1. The Morgan fingerprint density at radius 3 is 2.68 bits per heavy atom. The molecular formula is C15H17NO3. The lowest BCUT2D eigenvalue weighted by Gasteiger charge is -2.21. The quantitative estimate of drug-likeness (QED) is 0.823. The molecule has 1 aliphatic heterocycles. The van der Waals surface area contributed by atoms with Crippen molar-refractivity contribution in [1.82, 2.24) is 4.90 Å². The summed E-state index contributed by atoms with van der Waals surface area (Å²) in [7, 11) is 0. The highest BCUT2D eigenvalue weighted by Crippen LogP contribution is 2.29. The van der Waals surface area contributed by atoms with E-state index >= 15 is 0 Å². The van der Waals surface area contributed by atoms with Gasteiger partial charge in [-0.1, -0.05) is 36.4 Å². The first-order chi connectivity index (χ1) is 9.13. The van der Waals surface area contributed by atoms with Crippen LogP contribution in [0.25, 0.3) is 0 Å². The minimum absolute atomic E-state index is 0.0869. The molecule has 2 rings (SSSR count). The van der Waals surface area contributed by atoms with E-state index in [4.69, 9.17) is 0 Å². The molecule has 0 spiro atoms. The van der Waals surface area contributed by atoms with Gasteiger partial charge in [-0.25, -0.2) is 4.79 Å². The number of aliphatic carboxylic acids is 1. The van der Waals surface area contributed by atoms with Gasteiger partial charge in [0.2, 0.25) is 5.91 Å². The molecule has 1 heterocycles. The Labute approximate surface area is 112 Å². The molecule has 1 aromatic carbocycles. The summed E-state index contributed by atoms with van der Waals surface area (Å²) in [6, 6.07) is 8.72. The topological polar surface area (TPSA) is 57.6 Å². The van der Waals surface area contributed by atoms with Crippen LogP contribution in [0.15, 0.2) is 43.0 Å². The smallest absolute Gasteiger partial charge is 0.326 e. The van der Waals surface area contributed by atoms with Crippen molar-refractivity contribution < 1.29 is 14.7 Å². The summed E-state index contributed by atoms with van der Waals surface area (Å²) in [5.74, 6) is -1.27. The van der Waals surface area contributed by atoms with Gasteiger partial charge in [0.05, 0.1) is 0 Å². The zero-order valence-electron chi connectivity index (χ0n) is 10.7. The number of carbonyl (C=O) groups excluding carboxylic acids is 1. The van der Waals surface area contributed by atoms with Gasteiger partial charge in [0, 0.05) is 12.5 Å². The minimum Gasteiger partial charge on any atom is -0.480 e. The summed E-state index contributed by atoms with van der Waals surface area (Å²) >= 11 is 0. The van der Waals surface area contributed by atoms with Crippen molar-refractivity contribution in [2.24, 2.45) is 5.92 Å². The summed E-state index contributed by atoms with van der Waals surface area (Å²) in [6.07, 6.45) is 2.58. The first-order valence-corrected chi connectivity index (χ1v) is 6.31. The fraction of sp³-hybridized carbons (Fsp3) is 0.333. The second-order valence-electron chi connectivity index (χ2n) is 4.76. The number of allylic oxidation sites excluding steroid dienone is 1. The maximum Gasteiger partial charge on any atom is 0.326 e. The number of carbonyl (C=O) groups is 2. The predicted octanol–water partition coefficient (Wildman–Crippen LogP) is 2.06. The molecule has 0 aromatic heterocycles. The lowest BCUT2D eigenvalue weighted by atomic mass is 10.0. The average Bonchev–Trinajstić information content (AvgIpc) is 2.70. The monoisotopic (exact) mass is 259 g/mol. The maximum atomic E-state index is 12.2. The van der Waals surface area contributed by atoms with Crippen LogP contribution in [-0.4, -0.2) is 27.9 Å². The van der Waals surface area contributed by atoms with E-state index in [1.165, 1.54) is 4.90 Å². The fourth-order valence-corrected chi connectivity index (χ4v) is 2.49. The van der Waals surface area contributed by atoms with Gasteiger partial charge in [-0.2, -0.15) is 0 Å². The van der Waals surface area contributed by atoms with Gasteiger partial charge in [0.25, 0.3) is 0 Å². The molecule has 4 heteroatoms. The van der Waals surface area contributed by atoms with E-state index in [1.807, 2.05) is 30.3 Å². The van der Waals surface area contributed by atoms with Crippen molar-refractivity contribution in [3.8, 4) is 0 Å². The van der Waals surface area contributed by atoms with Crippen molar-refractivity contribution in [1.29, 1.82) is 0 Å². The molecule has 0 bridgehead atoms. The second kappa shape index (κ2) is 5.69. The molecule has 100 valence electrons. The van der Waals surface area contributed by atoms with Crippen LogP contribution < -0.4 is 0 Å². The van der Waals surface area contributed by atoms with E-state index in [0.29, 0.717) is 19.4 Å². The third kappa shape index (κ3) is 2.84. The fourth-order valence-electron chi connectivity index (χ4n) is 2.49. The molecule has 2 atom stereocenters. The van der Waals surface area contributed by atoms with Crippen molar-refractivity contribution >= 4 is 11.9 Å². The molecule has 0 radical (unpaired) electrons. The van der Waals surface area contributed by atoms with E-state index in [1.54, 1.807) is 6.08 Å². The SMILES string of the molecule is C=CC[C@@H]1C[C@@H](C(=O)O)N(Cc2ccccc2)C1=O. The molecule has 1 fully saturated rings. The number of carboxylic acids is 1. The molecule has 1 aliphatic rings. The normalized spacial score (nSPS) is 22.5. The highest BCUT2D eigenvalue weighted by molar-refractivity contribution is 5.89. The number of nitrogens with zero attached hydrogens (tertiary/aromatic N) is 1. The van der Waals surface area contributed by atoms with Gasteiger partial charge in [-0.3, -0.25) is 4.79 Å². The third-order valence-corrected chi connectivity index (χ3v) is 3.45. The standard InChI is InChI=1S/C15H17NO3/c1-2-6-12-9-13(15(18)19)16(14(12)17)10-11-7-4-3-5-8-11/h2-5,7-8,12-13H,1,6,9-10H2,(H,18,19)/t12-,13+/m1/s1. The molecule has 1 amide bonds.